The molecule has 2 heterocycles. The van der Waals surface area contributed by atoms with Crippen molar-refractivity contribution in [2.24, 2.45) is 11.8 Å². The number of rotatable bonds is 5. The molecule has 4 rings (SSSR count). The van der Waals surface area contributed by atoms with Crippen LogP contribution >= 0.6 is 15.9 Å². The van der Waals surface area contributed by atoms with Crippen LogP contribution in [0.5, 0.6) is 11.5 Å². The van der Waals surface area contributed by atoms with E-state index < -0.39 is 29.7 Å². The van der Waals surface area contributed by atoms with E-state index >= 15 is 0 Å². The highest BCUT2D eigenvalue weighted by Crippen LogP contribution is 2.54. The quantitative estimate of drug-likeness (QED) is 0.592. The smallest absolute Gasteiger partial charge is 0.309 e. The van der Waals surface area contributed by atoms with Crippen molar-refractivity contribution in [1.29, 1.82) is 0 Å². The fraction of sp³-hybridized carbons (Fsp3) is 0.458. The van der Waals surface area contributed by atoms with Crippen LogP contribution in [0.15, 0.2) is 40.9 Å². The summed E-state index contributed by atoms with van der Waals surface area (Å²) in [5.74, 6) is -0.804. The van der Waals surface area contributed by atoms with Crippen LogP contribution in [-0.4, -0.2) is 29.9 Å². The van der Waals surface area contributed by atoms with Crippen molar-refractivity contribution < 1.29 is 28.5 Å². The third kappa shape index (κ3) is 4.30. The van der Waals surface area contributed by atoms with Crippen molar-refractivity contribution in [1.82, 2.24) is 0 Å². The molecule has 1 N–H and O–H groups in total. The second-order valence-electron chi connectivity index (χ2n) is 8.78. The summed E-state index contributed by atoms with van der Waals surface area (Å²) in [6, 6.07) is 10.5. The number of halogens is 2. The monoisotopic (exact) mass is 492 g/mol. The molecular weight excluding hydrogens is 467 g/mol. The first kappa shape index (κ1) is 22.1. The first-order valence-electron chi connectivity index (χ1n) is 10.4. The molecule has 0 aromatic heterocycles. The van der Waals surface area contributed by atoms with E-state index in [2.05, 4.69) is 15.9 Å². The fourth-order valence-electron chi connectivity index (χ4n) is 4.77. The first-order valence-corrected chi connectivity index (χ1v) is 11.2. The van der Waals surface area contributed by atoms with Gasteiger partial charge < -0.3 is 19.3 Å². The zero-order valence-electron chi connectivity index (χ0n) is 17.7. The number of carbonyl (C=O) groups is 1. The standard InChI is InChI=1S/C24H26BrFO5/c1-24(2)18-12-16(23(27)28)20(8-7-13-5-4-6-15(9-13)29-3)30-21(18)17-10-14(26)11-19(25)22(17)31-24/h4-6,9-11,16,18,20-21H,7-8,12H2,1-3H3,(H,27,28)/t16-,18+,20+,21-/m1/s1. The van der Waals surface area contributed by atoms with Crippen molar-refractivity contribution in [2.75, 3.05) is 7.11 Å². The lowest BCUT2D eigenvalue weighted by Gasteiger charge is -2.50. The van der Waals surface area contributed by atoms with Gasteiger partial charge in [0.25, 0.3) is 0 Å². The molecule has 2 aromatic rings. The second-order valence-corrected chi connectivity index (χ2v) is 9.64. The van der Waals surface area contributed by atoms with E-state index in [1.807, 2.05) is 38.1 Å². The van der Waals surface area contributed by atoms with Gasteiger partial charge in [-0.15, -0.1) is 0 Å². The Hall–Kier alpha value is -2.12. The molecule has 0 bridgehead atoms. The van der Waals surface area contributed by atoms with Crippen LogP contribution in [0.1, 0.15) is 43.9 Å². The summed E-state index contributed by atoms with van der Waals surface area (Å²) >= 11 is 3.40. The van der Waals surface area contributed by atoms with Gasteiger partial charge in [-0.25, -0.2) is 4.39 Å². The van der Waals surface area contributed by atoms with Crippen LogP contribution in [0.3, 0.4) is 0 Å². The molecular formula is C24H26BrFO5. The molecule has 31 heavy (non-hydrogen) atoms. The van der Waals surface area contributed by atoms with Gasteiger partial charge in [-0.1, -0.05) is 12.1 Å². The maximum absolute atomic E-state index is 14.2. The van der Waals surface area contributed by atoms with Crippen LogP contribution < -0.4 is 9.47 Å². The van der Waals surface area contributed by atoms with E-state index in [0.29, 0.717) is 35.0 Å². The van der Waals surface area contributed by atoms with E-state index in [4.69, 9.17) is 14.2 Å². The molecule has 2 aromatic carbocycles. The van der Waals surface area contributed by atoms with Crippen molar-refractivity contribution >= 4 is 21.9 Å². The van der Waals surface area contributed by atoms with E-state index in [9.17, 15) is 14.3 Å². The third-order valence-corrected chi connectivity index (χ3v) is 7.00. The molecule has 166 valence electrons. The van der Waals surface area contributed by atoms with Gasteiger partial charge in [0.1, 0.15) is 22.9 Å². The molecule has 0 radical (unpaired) electrons. The number of hydrogen-bond acceptors (Lipinski definition) is 4. The normalized spacial score (nSPS) is 26.4. The topological polar surface area (TPSA) is 65.0 Å². The van der Waals surface area contributed by atoms with Gasteiger partial charge in [-0.05, 0) is 78.9 Å². The van der Waals surface area contributed by atoms with Gasteiger partial charge in [0, 0.05) is 11.5 Å². The van der Waals surface area contributed by atoms with Crippen LogP contribution in [-0.2, 0) is 16.0 Å². The number of fused-ring (bicyclic) bond motifs is 3. The highest BCUT2D eigenvalue weighted by molar-refractivity contribution is 9.10. The summed E-state index contributed by atoms with van der Waals surface area (Å²) in [5.41, 5.74) is 1.03. The number of ether oxygens (including phenoxy) is 3. The van der Waals surface area contributed by atoms with E-state index in [1.54, 1.807) is 7.11 Å². The Balaban J connectivity index is 1.64. The van der Waals surface area contributed by atoms with Crippen LogP contribution in [0.4, 0.5) is 4.39 Å². The summed E-state index contributed by atoms with van der Waals surface area (Å²) in [4.78, 5) is 12.1. The highest BCUT2D eigenvalue weighted by atomic mass is 79.9. The minimum absolute atomic E-state index is 0.206. The number of carboxylic acid groups (broad SMARTS) is 1. The largest absolute Gasteiger partial charge is 0.497 e. The Morgan fingerprint density at radius 2 is 2.10 bits per heavy atom. The molecule has 0 unspecified atom stereocenters. The number of carboxylic acids is 1. The van der Waals surface area contributed by atoms with Crippen LogP contribution in [0, 0.1) is 17.7 Å². The average molecular weight is 493 g/mol. The minimum Gasteiger partial charge on any atom is -0.497 e. The summed E-state index contributed by atoms with van der Waals surface area (Å²) in [5, 5.41) is 9.92. The molecule has 0 saturated carbocycles. The number of hydrogen-bond donors (Lipinski definition) is 1. The molecule has 4 atom stereocenters. The zero-order chi connectivity index (χ0) is 22.3. The van der Waals surface area contributed by atoms with Crippen LogP contribution in [0.25, 0.3) is 0 Å². The van der Waals surface area contributed by atoms with Gasteiger partial charge in [0.2, 0.25) is 0 Å². The summed E-state index contributed by atoms with van der Waals surface area (Å²) < 4.78 is 32.6. The minimum atomic E-state index is -0.879. The van der Waals surface area contributed by atoms with Crippen molar-refractivity contribution in [3.05, 3.63) is 57.8 Å². The average Bonchev–Trinajstić information content (AvgIpc) is 2.72. The fourth-order valence-corrected chi connectivity index (χ4v) is 5.30. The molecule has 2 aliphatic heterocycles. The van der Waals surface area contributed by atoms with E-state index in [-0.39, 0.29) is 11.7 Å². The van der Waals surface area contributed by atoms with Crippen molar-refractivity contribution in [3.63, 3.8) is 0 Å². The molecule has 2 aliphatic rings. The summed E-state index contributed by atoms with van der Waals surface area (Å²) in [7, 11) is 1.62. The Morgan fingerprint density at radius 3 is 2.81 bits per heavy atom. The predicted octanol–water partition coefficient (Wildman–Crippen LogP) is 5.55. The summed E-state index contributed by atoms with van der Waals surface area (Å²) in [6.07, 6.45) is 0.678. The Morgan fingerprint density at radius 1 is 1.32 bits per heavy atom. The Labute approximate surface area is 189 Å². The SMILES string of the molecule is COc1cccc(CC[C@@H]2O[C@@H]3c4cc(F)cc(Br)c4OC(C)(C)[C@H]3C[C@H]2C(=O)O)c1. The lowest BCUT2D eigenvalue weighted by atomic mass is 9.71. The number of aryl methyl sites for hydroxylation is 1. The zero-order valence-corrected chi connectivity index (χ0v) is 19.3. The third-order valence-electron chi connectivity index (χ3n) is 6.41. The Bertz CT molecular complexity index is 992. The van der Waals surface area contributed by atoms with E-state index in [1.165, 1.54) is 12.1 Å². The van der Waals surface area contributed by atoms with Crippen molar-refractivity contribution in [2.45, 2.75) is 50.9 Å². The maximum atomic E-state index is 14.2. The number of benzene rings is 2. The lowest BCUT2D eigenvalue weighted by Crippen LogP contribution is -2.52. The van der Waals surface area contributed by atoms with Gasteiger partial charge in [0.15, 0.2) is 0 Å². The Kier molecular flexibility index (Phi) is 6.01. The molecule has 0 spiro atoms. The van der Waals surface area contributed by atoms with Gasteiger partial charge in [-0.3, -0.25) is 4.79 Å². The maximum Gasteiger partial charge on any atom is 0.309 e. The molecule has 5 nitrogen and oxygen atoms in total. The van der Waals surface area contributed by atoms with Crippen molar-refractivity contribution in [3.8, 4) is 11.5 Å². The van der Waals surface area contributed by atoms with Gasteiger partial charge in [0.05, 0.1) is 29.7 Å². The molecule has 0 amide bonds. The number of methoxy groups -OCH3 is 1. The lowest BCUT2D eigenvalue weighted by molar-refractivity contribution is -0.188. The van der Waals surface area contributed by atoms with Crippen LogP contribution in [0.2, 0.25) is 0 Å². The first-order chi connectivity index (χ1) is 14.7. The second kappa shape index (κ2) is 8.43. The van der Waals surface area contributed by atoms with E-state index in [0.717, 1.165) is 11.3 Å². The molecule has 1 saturated heterocycles. The molecule has 1 fully saturated rings. The van der Waals surface area contributed by atoms with Gasteiger partial charge >= 0.3 is 5.97 Å². The molecule has 7 heteroatoms. The highest BCUT2D eigenvalue weighted by Gasteiger charge is 2.52. The predicted molar refractivity (Wildman–Crippen MR) is 117 cm³/mol. The molecule has 0 aliphatic carbocycles. The number of aliphatic carboxylic acids is 1. The summed E-state index contributed by atoms with van der Waals surface area (Å²) in [6.45, 7) is 3.87. The van der Waals surface area contributed by atoms with Gasteiger partial charge in [-0.2, -0.15) is 0 Å².